The predicted molar refractivity (Wildman–Crippen MR) is 152 cm³/mol. The quantitative estimate of drug-likeness (QED) is 0.503. The lowest BCUT2D eigenvalue weighted by Gasteiger charge is -2.31. The fourth-order valence-corrected chi connectivity index (χ4v) is 5.79. The third-order valence-corrected chi connectivity index (χ3v) is 8.08. The minimum atomic E-state index is -3.37. The number of carbonyl (C=O) groups excluding carboxylic acids is 1. The number of nitrogens with one attached hydrogen (secondary N) is 2. The monoisotopic (exact) mass is 567 g/mol. The van der Waals surface area contributed by atoms with Crippen LogP contribution in [0.1, 0.15) is 48.9 Å². The lowest BCUT2D eigenvalue weighted by Crippen LogP contribution is -2.48. The van der Waals surface area contributed by atoms with Crippen LogP contribution >= 0.6 is 0 Å². The Labute approximate surface area is 238 Å². The molecule has 11 nitrogen and oxygen atoms in total. The highest BCUT2D eigenvalue weighted by molar-refractivity contribution is 6.06. The van der Waals surface area contributed by atoms with E-state index < -0.39 is 18.3 Å². The average Bonchev–Trinajstić information content (AvgIpc) is 3.48. The number of aliphatic imine (C=N–C) groups is 1. The maximum absolute atomic E-state index is 15.4. The molecule has 5 rings (SSSR count). The van der Waals surface area contributed by atoms with E-state index in [-0.39, 0.29) is 23.9 Å². The van der Waals surface area contributed by atoms with Gasteiger partial charge in [-0.3, -0.25) is 4.79 Å². The van der Waals surface area contributed by atoms with E-state index in [1.807, 2.05) is 0 Å². The molecule has 1 amide bonds. The summed E-state index contributed by atoms with van der Waals surface area (Å²) in [5, 5.41) is 15.3. The van der Waals surface area contributed by atoms with E-state index >= 15 is 8.78 Å². The standard InChI is InChI=1S/C28H35F2N9O2/c1-37-12-10-19(11-13-37)34-25(40)18-8-9-21(23(14-18)41-3)35-27-32-15-22-24(36-27)39(20-6-4-5-7-20)16-28(29,30)26(33-17-31)38(22)2/h8-9,14-15,19-20H,4-7,10-13,16H2,1-3H3,(H,34,40)(H,32,35,36). The number of aromatic nitrogens is 2. The van der Waals surface area contributed by atoms with Crippen LogP contribution in [0, 0.1) is 11.5 Å². The van der Waals surface area contributed by atoms with Gasteiger partial charge in [0, 0.05) is 24.7 Å². The number of amides is 1. The second-order valence-electron chi connectivity index (χ2n) is 10.9. The molecule has 41 heavy (non-hydrogen) atoms. The molecule has 2 aliphatic heterocycles. The third kappa shape index (κ3) is 6.02. The summed E-state index contributed by atoms with van der Waals surface area (Å²) in [5.74, 6) is -3.23. The number of hydrogen-bond donors (Lipinski definition) is 2. The van der Waals surface area contributed by atoms with Gasteiger partial charge in [0.25, 0.3) is 5.91 Å². The molecule has 3 aliphatic rings. The van der Waals surface area contributed by atoms with Crippen LogP contribution in [0.15, 0.2) is 29.4 Å². The maximum atomic E-state index is 15.4. The van der Waals surface area contributed by atoms with Gasteiger partial charge in [-0.15, -0.1) is 0 Å². The molecule has 1 saturated heterocycles. The smallest absolute Gasteiger partial charge is 0.322 e. The summed E-state index contributed by atoms with van der Waals surface area (Å²) in [7, 11) is 5.02. The van der Waals surface area contributed by atoms with E-state index in [9.17, 15) is 4.79 Å². The SMILES string of the molecule is COc1cc(C(=O)NC2CCN(C)CC2)ccc1Nc1ncc2c(n1)N(C1CCCC1)CC(F)(F)C(=NC#N)N2C. The Morgan fingerprint density at radius 3 is 2.61 bits per heavy atom. The van der Waals surface area contributed by atoms with Crippen LogP contribution in [-0.4, -0.2) is 85.5 Å². The lowest BCUT2D eigenvalue weighted by molar-refractivity contribution is 0.0823. The molecular weight excluding hydrogens is 532 g/mol. The summed E-state index contributed by atoms with van der Waals surface area (Å²) in [6.45, 7) is 1.24. The number of anilines is 4. The van der Waals surface area contributed by atoms with E-state index in [0.29, 0.717) is 28.5 Å². The Hall–Kier alpha value is -4.05. The maximum Gasteiger partial charge on any atom is 0.322 e. The van der Waals surface area contributed by atoms with E-state index in [2.05, 4.69) is 37.5 Å². The number of hydrogen-bond acceptors (Lipinski definition) is 9. The van der Waals surface area contributed by atoms with Crippen LogP contribution in [0.2, 0.25) is 0 Å². The summed E-state index contributed by atoms with van der Waals surface area (Å²) >= 11 is 0. The number of alkyl halides is 2. The molecule has 1 saturated carbocycles. The number of benzene rings is 1. The molecule has 13 heteroatoms. The lowest BCUT2D eigenvalue weighted by atomic mass is 10.0. The number of halogens is 2. The highest BCUT2D eigenvalue weighted by Gasteiger charge is 2.47. The largest absolute Gasteiger partial charge is 0.495 e. The second-order valence-corrected chi connectivity index (χ2v) is 10.9. The minimum absolute atomic E-state index is 0.117. The van der Waals surface area contributed by atoms with Crippen molar-refractivity contribution in [1.29, 1.82) is 5.26 Å². The molecule has 0 atom stereocenters. The summed E-state index contributed by atoms with van der Waals surface area (Å²) in [6, 6.07) is 5.07. The van der Waals surface area contributed by atoms with Gasteiger partial charge < -0.3 is 30.1 Å². The topological polar surface area (TPSA) is 122 Å². The van der Waals surface area contributed by atoms with Gasteiger partial charge in [-0.1, -0.05) is 12.8 Å². The van der Waals surface area contributed by atoms with Gasteiger partial charge in [-0.2, -0.15) is 24.0 Å². The molecule has 0 spiro atoms. The van der Waals surface area contributed by atoms with Gasteiger partial charge in [0.1, 0.15) is 11.4 Å². The van der Waals surface area contributed by atoms with Gasteiger partial charge in [0.2, 0.25) is 12.1 Å². The molecular formula is C28H35F2N9O2. The van der Waals surface area contributed by atoms with E-state index in [0.717, 1.165) is 51.6 Å². The summed E-state index contributed by atoms with van der Waals surface area (Å²) in [5.41, 5.74) is 1.33. The first kappa shape index (κ1) is 28.5. The van der Waals surface area contributed by atoms with Crippen LogP contribution in [0.4, 0.5) is 31.9 Å². The number of carbonyl (C=O) groups is 1. The number of fused-ring (bicyclic) bond motifs is 1. The van der Waals surface area contributed by atoms with Crippen molar-refractivity contribution in [2.24, 2.45) is 4.99 Å². The van der Waals surface area contributed by atoms with Crippen LogP contribution < -0.4 is 25.2 Å². The zero-order chi connectivity index (χ0) is 29.1. The number of amidine groups is 1. The van der Waals surface area contributed by atoms with E-state index in [4.69, 9.17) is 10.00 Å². The number of piperidine rings is 1. The zero-order valence-corrected chi connectivity index (χ0v) is 23.5. The van der Waals surface area contributed by atoms with Crippen LogP contribution in [0.3, 0.4) is 0 Å². The molecule has 1 aromatic carbocycles. The van der Waals surface area contributed by atoms with Crippen molar-refractivity contribution in [3.63, 3.8) is 0 Å². The van der Waals surface area contributed by atoms with Crippen molar-refractivity contribution < 1.29 is 18.3 Å². The van der Waals surface area contributed by atoms with Gasteiger partial charge >= 0.3 is 5.92 Å². The molecule has 2 aromatic rings. The Morgan fingerprint density at radius 1 is 1.20 bits per heavy atom. The first-order valence-electron chi connectivity index (χ1n) is 13.9. The molecule has 1 aromatic heterocycles. The second kappa shape index (κ2) is 11.8. The number of ether oxygens (including phenoxy) is 1. The van der Waals surface area contributed by atoms with E-state index in [1.54, 1.807) is 23.1 Å². The Bertz CT molecular complexity index is 1350. The van der Waals surface area contributed by atoms with Gasteiger partial charge in [0.05, 0.1) is 25.5 Å². The first-order valence-corrected chi connectivity index (χ1v) is 13.9. The summed E-state index contributed by atoms with van der Waals surface area (Å²) in [6.07, 6.45) is 8.20. The van der Waals surface area contributed by atoms with Crippen molar-refractivity contribution in [3.05, 3.63) is 30.0 Å². The number of nitriles is 1. The predicted octanol–water partition coefficient (Wildman–Crippen LogP) is 3.77. The molecule has 3 heterocycles. The molecule has 0 radical (unpaired) electrons. The minimum Gasteiger partial charge on any atom is -0.495 e. The van der Waals surface area contributed by atoms with Crippen LogP contribution in [0.25, 0.3) is 0 Å². The highest BCUT2D eigenvalue weighted by Crippen LogP contribution is 2.40. The van der Waals surface area contributed by atoms with Gasteiger partial charge in [0.15, 0.2) is 11.7 Å². The molecule has 2 fully saturated rings. The highest BCUT2D eigenvalue weighted by atomic mass is 19.3. The average molecular weight is 568 g/mol. The van der Waals surface area contributed by atoms with Gasteiger partial charge in [-0.25, -0.2) is 4.98 Å². The van der Waals surface area contributed by atoms with Crippen LogP contribution in [-0.2, 0) is 0 Å². The van der Waals surface area contributed by atoms with Crippen molar-refractivity contribution in [2.45, 2.75) is 56.5 Å². The fourth-order valence-electron chi connectivity index (χ4n) is 5.79. The van der Waals surface area contributed by atoms with Crippen molar-refractivity contribution in [2.75, 3.05) is 56.0 Å². The van der Waals surface area contributed by atoms with Crippen LogP contribution in [0.5, 0.6) is 5.75 Å². The zero-order valence-electron chi connectivity index (χ0n) is 23.5. The normalized spacial score (nSPS) is 20.8. The number of methoxy groups -OCH3 is 1. The van der Waals surface area contributed by atoms with E-state index in [1.165, 1.54) is 31.4 Å². The Kier molecular flexibility index (Phi) is 8.21. The molecule has 1 aliphatic carbocycles. The fraction of sp³-hybridized carbons (Fsp3) is 0.536. The van der Waals surface area contributed by atoms with Crippen molar-refractivity contribution >= 4 is 34.9 Å². The molecule has 2 N–H and O–H groups in total. The number of likely N-dealkylation sites (tertiary alicyclic amines) is 1. The number of nitrogens with zero attached hydrogens (tertiary/aromatic N) is 7. The molecule has 0 bridgehead atoms. The molecule has 0 unspecified atom stereocenters. The third-order valence-electron chi connectivity index (χ3n) is 8.08. The number of rotatable bonds is 6. The molecule has 218 valence electrons. The van der Waals surface area contributed by atoms with Crippen molar-refractivity contribution in [1.82, 2.24) is 20.2 Å². The first-order chi connectivity index (χ1) is 19.7. The van der Waals surface area contributed by atoms with Gasteiger partial charge in [-0.05, 0) is 64.0 Å². The Balaban J connectivity index is 1.42. The summed E-state index contributed by atoms with van der Waals surface area (Å²) < 4.78 is 36.3. The summed E-state index contributed by atoms with van der Waals surface area (Å²) in [4.78, 5) is 30.5. The van der Waals surface area contributed by atoms with Crippen molar-refractivity contribution in [3.8, 4) is 11.9 Å². The Morgan fingerprint density at radius 2 is 1.93 bits per heavy atom.